The fraction of sp³-hybridized carbons (Fsp3) is 0.278. The number of aryl methyl sites for hydroxylation is 1. The third kappa shape index (κ3) is 3.49. The van der Waals surface area contributed by atoms with E-state index in [-0.39, 0.29) is 18.1 Å². The topological polar surface area (TPSA) is 61.2 Å². The number of ether oxygens (including phenoxy) is 1. The molecule has 3 rings (SSSR count). The fourth-order valence-corrected chi connectivity index (χ4v) is 4.04. The number of rotatable bonds is 6. The van der Waals surface area contributed by atoms with Gasteiger partial charge in [0.15, 0.2) is 9.84 Å². The largest absolute Gasteiger partial charge is 0.384 e. The molecule has 0 atom stereocenters. The molecular formula is C18H20N2O3S. The molecule has 126 valence electrons. The van der Waals surface area contributed by atoms with Crippen LogP contribution in [0, 0.1) is 0 Å². The molecule has 0 radical (unpaired) electrons. The number of hydrogen-bond acceptors (Lipinski definition) is 4. The van der Waals surface area contributed by atoms with E-state index in [0.717, 1.165) is 22.2 Å². The molecule has 0 aliphatic rings. The summed E-state index contributed by atoms with van der Waals surface area (Å²) in [6.45, 7) is 0.207. The minimum atomic E-state index is -3.20. The molecule has 0 fully saturated rings. The average Bonchev–Trinajstić information content (AvgIpc) is 2.90. The summed E-state index contributed by atoms with van der Waals surface area (Å²) < 4.78 is 31.2. The maximum atomic E-state index is 12.1. The van der Waals surface area contributed by atoms with E-state index in [4.69, 9.17) is 4.74 Å². The monoisotopic (exact) mass is 344 g/mol. The highest BCUT2D eigenvalue weighted by atomic mass is 32.2. The van der Waals surface area contributed by atoms with E-state index < -0.39 is 9.84 Å². The van der Waals surface area contributed by atoms with E-state index in [1.165, 1.54) is 7.11 Å². The summed E-state index contributed by atoms with van der Waals surface area (Å²) >= 11 is 0. The van der Waals surface area contributed by atoms with Crippen LogP contribution in [0.1, 0.15) is 5.56 Å². The number of para-hydroxylation sites is 1. The number of benzene rings is 1. The van der Waals surface area contributed by atoms with Gasteiger partial charge in [-0.15, -0.1) is 0 Å². The van der Waals surface area contributed by atoms with Gasteiger partial charge in [0.1, 0.15) is 0 Å². The van der Waals surface area contributed by atoms with Crippen molar-refractivity contribution in [2.45, 2.75) is 5.75 Å². The molecule has 1 aromatic carbocycles. The lowest BCUT2D eigenvalue weighted by Gasteiger charge is -2.07. The molecule has 24 heavy (non-hydrogen) atoms. The fourth-order valence-electron chi connectivity index (χ4n) is 2.81. The van der Waals surface area contributed by atoms with Crippen LogP contribution in [0.3, 0.4) is 0 Å². The third-order valence-electron chi connectivity index (χ3n) is 4.03. The molecule has 0 amide bonds. The number of fused-ring (bicyclic) bond motifs is 1. The Morgan fingerprint density at radius 3 is 2.71 bits per heavy atom. The van der Waals surface area contributed by atoms with Crippen LogP contribution in [0.5, 0.6) is 0 Å². The molecule has 0 spiro atoms. The Morgan fingerprint density at radius 2 is 1.96 bits per heavy atom. The van der Waals surface area contributed by atoms with Crippen LogP contribution < -0.4 is 0 Å². The number of pyridine rings is 1. The van der Waals surface area contributed by atoms with Gasteiger partial charge in [-0.05, 0) is 23.8 Å². The number of nitrogens with zero attached hydrogens (tertiary/aromatic N) is 2. The summed E-state index contributed by atoms with van der Waals surface area (Å²) in [7, 11) is 0.295. The SMILES string of the molecule is COCCS(=O)(=O)Cc1cncc(-c2cc3ccccc3n2C)c1. The summed E-state index contributed by atoms with van der Waals surface area (Å²) in [5.74, 6) is -0.0110. The van der Waals surface area contributed by atoms with Crippen LogP contribution in [0.2, 0.25) is 0 Å². The Labute approximate surface area is 141 Å². The van der Waals surface area contributed by atoms with Crippen molar-refractivity contribution in [2.24, 2.45) is 7.05 Å². The second-order valence-corrected chi connectivity index (χ2v) is 8.00. The lowest BCUT2D eigenvalue weighted by atomic mass is 10.1. The molecule has 3 aromatic rings. The Bertz CT molecular complexity index is 961. The average molecular weight is 344 g/mol. The van der Waals surface area contributed by atoms with Gasteiger partial charge in [0.05, 0.1) is 23.8 Å². The number of sulfone groups is 1. The van der Waals surface area contributed by atoms with Gasteiger partial charge < -0.3 is 9.30 Å². The van der Waals surface area contributed by atoms with E-state index in [9.17, 15) is 8.42 Å². The van der Waals surface area contributed by atoms with E-state index in [0.29, 0.717) is 5.56 Å². The summed E-state index contributed by atoms with van der Waals surface area (Å²) in [6, 6.07) is 12.1. The summed E-state index contributed by atoms with van der Waals surface area (Å²) in [4.78, 5) is 4.23. The minimum absolute atomic E-state index is 0.0156. The number of hydrogen-bond donors (Lipinski definition) is 0. The first kappa shape index (κ1) is 16.7. The zero-order valence-electron chi connectivity index (χ0n) is 13.8. The highest BCUT2D eigenvalue weighted by Crippen LogP contribution is 2.27. The van der Waals surface area contributed by atoms with Gasteiger partial charge >= 0.3 is 0 Å². The van der Waals surface area contributed by atoms with E-state index >= 15 is 0 Å². The van der Waals surface area contributed by atoms with Crippen molar-refractivity contribution in [1.29, 1.82) is 0 Å². The zero-order valence-corrected chi connectivity index (χ0v) is 14.6. The van der Waals surface area contributed by atoms with Crippen LogP contribution in [0.25, 0.3) is 22.2 Å². The summed E-state index contributed by atoms with van der Waals surface area (Å²) in [6.07, 6.45) is 3.37. The predicted octanol–water partition coefficient (Wildman–Crippen LogP) is 2.80. The Morgan fingerprint density at radius 1 is 1.17 bits per heavy atom. The van der Waals surface area contributed by atoms with Gasteiger partial charge in [-0.25, -0.2) is 8.42 Å². The van der Waals surface area contributed by atoms with Crippen LogP contribution in [0.4, 0.5) is 0 Å². The van der Waals surface area contributed by atoms with Crippen LogP contribution in [0.15, 0.2) is 48.8 Å². The van der Waals surface area contributed by atoms with Crippen molar-refractivity contribution in [2.75, 3.05) is 19.5 Å². The second-order valence-electron chi connectivity index (χ2n) is 5.81. The van der Waals surface area contributed by atoms with Crippen LogP contribution in [-0.2, 0) is 27.4 Å². The lowest BCUT2D eigenvalue weighted by molar-refractivity contribution is 0.217. The van der Waals surface area contributed by atoms with Crippen molar-refractivity contribution < 1.29 is 13.2 Å². The molecule has 0 saturated carbocycles. The highest BCUT2D eigenvalue weighted by Gasteiger charge is 2.14. The Balaban J connectivity index is 1.94. The first-order valence-electron chi connectivity index (χ1n) is 7.68. The first-order chi connectivity index (χ1) is 11.5. The quantitative estimate of drug-likeness (QED) is 0.690. The van der Waals surface area contributed by atoms with E-state index in [1.807, 2.05) is 25.2 Å². The molecular weight excluding hydrogens is 324 g/mol. The smallest absolute Gasteiger partial charge is 0.156 e. The highest BCUT2D eigenvalue weighted by molar-refractivity contribution is 7.90. The molecule has 6 heteroatoms. The van der Waals surface area contributed by atoms with Gasteiger partial charge in [0, 0.05) is 43.0 Å². The number of aromatic nitrogens is 2. The van der Waals surface area contributed by atoms with E-state index in [2.05, 4.69) is 27.8 Å². The van der Waals surface area contributed by atoms with Gasteiger partial charge in [0.2, 0.25) is 0 Å². The maximum absolute atomic E-state index is 12.1. The molecule has 0 saturated heterocycles. The standard InChI is InChI=1S/C18H20N2O3S/c1-20-17-6-4-3-5-15(17)10-18(20)16-9-14(11-19-12-16)13-24(21,22)8-7-23-2/h3-6,9-12H,7-8,13H2,1-2H3. The molecule has 2 heterocycles. The van der Waals surface area contributed by atoms with Gasteiger partial charge in [-0.3, -0.25) is 4.98 Å². The van der Waals surface area contributed by atoms with Crippen LogP contribution in [-0.4, -0.2) is 37.4 Å². The van der Waals surface area contributed by atoms with Crippen molar-refractivity contribution in [3.05, 3.63) is 54.4 Å². The summed E-state index contributed by atoms with van der Waals surface area (Å²) in [5, 5.41) is 1.15. The Kier molecular flexibility index (Phi) is 4.69. The molecule has 0 N–H and O–H groups in total. The second kappa shape index (κ2) is 6.75. The molecule has 0 aliphatic heterocycles. The van der Waals surface area contributed by atoms with Crippen molar-refractivity contribution in [1.82, 2.24) is 9.55 Å². The third-order valence-corrected chi connectivity index (χ3v) is 5.59. The minimum Gasteiger partial charge on any atom is -0.384 e. The van der Waals surface area contributed by atoms with Gasteiger partial charge in [-0.2, -0.15) is 0 Å². The molecule has 0 aliphatic carbocycles. The van der Waals surface area contributed by atoms with Crippen LogP contribution >= 0.6 is 0 Å². The van der Waals surface area contributed by atoms with Gasteiger partial charge in [0.25, 0.3) is 0 Å². The zero-order chi connectivity index (χ0) is 17.2. The molecule has 0 unspecified atom stereocenters. The van der Waals surface area contributed by atoms with Crippen molar-refractivity contribution in [3.8, 4) is 11.3 Å². The predicted molar refractivity (Wildman–Crippen MR) is 95.5 cm³/mol. The molecule has 2 aromatic heterocycles. The Hall–Kier alpha value is -2.18. The van der Waals surface area contributed by atoms with Crippen molar-refractivity contribution in [3.63, 3.8) is 0 Å². The van der Waals surface area contributed by atoms with Gasteiger partial charge in [-0.1, -0.05) is 18.2 Å². The number of methoxy groups -OCH3 is 1. The summed E-state index contributed by atoms with van der Waals surface area (Å²) in [5.41, 5.74) is 3.74. The molecule has 0 bridgehead atoms. The lowest BCUT2D eigenvalue weighted by Crippen LogP contribution is -2.13. The molecule has 5 nitrogen and oxygen atoms in total. The van der Waals surface area contributed by atoms with Crippen molar-refractivity contribution >= 4 is 20.7 Å². The normalized spacial score (nSPS) is 11.9. The maximum Gasteiger partial charge on any atom is 0.156 e. The van der Waals surface area contributed by atoms with E-state index in [1.54, 1.807) is 12.4 Å². The first-order valence-corrected chi connectivity index (χ1v) is 9.50.